The van der Waals surface area contributed by atoms with Gasteiger partial charge in [0.2, 0.25) is 0 Å². The average molecular weight is 310 g/mol. The van der Waals surface area contributed by atoms with Crippen molar-refractivity contribution in [1.82, 2.24) is 4.57 Å². The molecule has 1 saturated carbocycles. The van der Waals surface area contributed by atoms with E-state index < -0.39 is 0 Å². The number of anilines is 1. The standard InChI is InChI=1S/C19H22N2O2/c1-2-23-18(22)14-9-11-19(12-10-14)17-8-5-13-21(17)16-7-4-3-6-15(16)20-19/h3-8,13-14,20H,2,9-12H2,1H3. The molecule has 0 amide bonds. The fraction of sp³-hybridized carbons (Fsp3) is 0.421. The van der Waals surface area contributed by atoms with Crippen molar-refractivity contribution in [2.24, 2.45) is 5.92 Å². The van der Waals surface area contributed by atoms with E-state index in [1.165, 1.54) is 17.1 Å². The van der Waals surface area contributed by atoms with Crippen LogP contribution in [0.5, 0.6) is 0 Å². The number of esters is 1. The summed E-state index contributed by atoms with van der Waals surface area (Å²) in [5.41, 5.74) is 3.61. The van der Waals surface area contributed by atoms with Gasteiger partial charge in [-0.05, 0) is 56.9 Å². The van der Waals surface area contributed by atoms with Crippen LogP contribution in [-0.2, 0) is 15.1 Å². The zero-order valence-corrected chi connectivity index (χ0v) is 13.4. The smallest absolute Gasteiger partial charge is 0.308 e. The lowest BCUT2D eigenvalue weighted by atomic mass is 9.73. The van der Waals surface area contributed by atoms with E-state index in [4.69, 9.17) is 4.74 Å². The first-order chi connectivity index (χ1) is 11.2. The van der Waals surface area contributed by atoms with Gasteiger partial charge in [0.15, 0.2) is 0 Å². The number of rotatable bonds is 2. The minimum atomic E-state index is -0.0686. The van der Waals surface area contributed by atoms with Gasteiger partial charge in [0.25, 0.3) is 0 Å². The zero-order valence-electron chi connectivity index (χ0n) is 13.4. The Bertz CT molecular complexity index is 726. The number of hydrogen-bond acceptors (Lipinski definition) is 3. The Morgan fingerprint density at radius 1 is 1.26 bits per heavy atom. The molecule has 0 atom stereocenters. The van der Waals surface area contributed by atoms with Gasteiger partial charge in [0.05, 0.1) is 29.4 Å². The van der Waals surface area contributed by atoms with Crippen molar-refractivity contribution >= 4 is 11.7 Å². The van der Waals surface area contributed by atoms with Gasteiger partial charge in [-0.15, -0.1) is 0 Å². The first-order valence-corrected chi connectivity index (χ1v) is 8.45. The zero-order chi connectivity index (χ0) is 15.9. The van der Waals surface area contributed by atoms with Crippen LogP contribution in [0.4, 0.5) is 5.69 Å². The number of para-hydroxylation sites is 2. The Labute approximate surface area is 136 Å². The summed E-state index contributed by atoms with van der Waals surface area (Å²) in [6.45, 7) is 2.34. The summed E-state index contributed by atoms with van der Waals surface area (Å²) in [4.78, 5) is 12.0. The Morgan fingerprint density at radius 3 is 2.83 bits per heavy atom. The molecule has 1 N–H and O–H groups in total. The number of carbonyl (C=O) groups is 1. The van der Waals surface area contributed by atoms with Gasteiger partial charge in [0, 0.05) is 11.9 Å². The quantitative estimate of drug-likeness (QED) is 0.857. The molecule has 0 unspecified atom stereocenters. The molecule has 1 aromatic heterocycles. The predicted molar refractivity (Wildman–Crippen MR) is 89.7 cm³/mol. The third-order valence-electron chi connectivity index (χ3n) is 5.24. The highest BCUT2D eigenvalue weighted by molar-refractivity contribution is 5.73. The fourth-order valence-electron chi connectivity index (χ4n) is 4.08. The average Bonchev–Trinajstić information content (AvgIpc) is 3.07. The van der Waals surface area contributed by atoms with Crippen LogP contribution in [0.1, 0.15) is 38.3 Å². The summed E-state index contributed by atoms with van der Waals surface area (Å²) < 4.78 is 7.49. The second-order valence-electron chi connectivity index (χ2n) is 6.51. The van der Waals surface area contributed by atoms with E-state index in [1.54, 1.807) is 0 Å². The molecule has 1 fully saturated rings. The van der Waals surface area contributed by atoms with E-state index in [2.05, 4.69) is 52.5 Å². The van der Waals surface area contributed by atoms with Crippen LogP contribution in [0, 0.1) is 5.92 Å². The normalized spacial score (nSPS) is 25.3. The van der Waals surface area contributed by atoms with Crippen LogP contribution in [0.25, 0.3) is 5.69 Å². The second kappa shape index (κ2) is 5.44. The number of aromatic nitrogens is 1. The van der Waals surface area contributed by atoms with Gasteiger partial charge in [-0.2, -0.15) is 0 Å². The minimum Gasteiger partial charge on any atom is -0.466 e. The maximum atomic E-state index is 12.0. The Kier molecular flexibility index (Phi) is 3.40. The summed E-state index contributed by atoms with van der Waals surface area (Å²) >= 11 is 0. The third-order valence-corrected chi connectivity index (χ3v) is 5.24. The van der Waals surface area contributed by atoms with Gasteiger partial charge in [-0.3, -0.25) is 4.79 Å². The van der Waals surface area contributed by atoms with Crippen LogP contribution in [0.2, 0.25) is 0 Å². The third kappa shape index (κ3) is 2.24. The maximum absolute atomic E-state index is 12.0. The molecule has 1 spiro atoms. The Hall–Kier alpha value is -2.23. The SMILES string of the molecule is CCOC(=O)C1CCC2(CC1)Nc1ccccc1-n1cccc12. The molecule has 1 aromatic carbocycles. The lowest BCUT2D eigenvalue weighted by molar-refractivity contribution is -0.149. The molecule has 0 radical (unpaired) electrons. The molecule has 2 aliphatic rings. The van der Waals surface area contributed by atoms with E-state index in [9.17, 15) is 4.79 Å². The van der Waals surface area contributed by atoms with Gasteiger partial charge < -0.3 is 14.6 Å². The molecule has 0 saturated heterocycles. The molecule has 1 aliphatic heterocycles. The molecule has 23 heavy (non-hydrogen) atoms. The number of nitrogens with one attached hydrogen (secondary N) is 1. The topological polar surface area (TPSA) is 43.3 Å². The summed E-state index contributed by atoms with van der Waals surface area (Å²) in [5.74, 6) is 0.0110. The maximum Gasteiger partial charge on any atom is 0.308 e. The van der Waals surface area contributed by atoms with Crippen LogP contribution in [-0.4, -0.2) is 17.1 Å². The molecule has 2 aromatic rings. The van der Waals surface area contributed by atoms with Crippen molar-refractivity contribution in [2.75, 3.05) is 11.9 Å². The van der Waals surface area contributed by atoms with Crippen molar-refractivity contribution < 1.29 is 9.53 Å². The van der Waals surface area contributed by atoms with E-state index in [0.29, 0.717) is 6.61 Å². The fourth-order valence-corrected chi connectivity index (χ4v) is 4.08. The number of fused-ring (bicyclic) bond motifs is 4. The van der Waals surface area contributed by atoms with E-state index >= 15 is 0 Å². The molecule has 2 heterocycles. The van der Waals surface area contributed by atoms with Crippen molar-refractivity contribution in [3.8, 4) is 5.69 Å². The molecule has 1 aliphatic carbocycles. The molecular weight excluding hydrogens is 288 g/mol. The summed E-state index contributed by atoms with van der Waals surface area (Å²) in [7, 11) is 0. The Morgan fingerprint density at radius 2 is 2.04 bits per heavy atom. The van der Waals surface area contributed by atoms with E-state index in [1.807, 2.05) is 6.92 Å². The number of benzene rings is 1. The van der Waals surface area contributed by atoms with Crippen molar-refractivity contribution in [2.45, 2.75) is 38.1 Å². The predicted octanol–water partition coefficient (Wildman–Crippen LogP) is 3.85. The molecule has 4 nitrogen and oxygen atoms in total. The van der Waals surface area contributed by atoms with Crippen molar-refractivity contribution in [3.63, 3.8) is 0 Å². The highest BCUT2D eigenvalue weighted by Gasteiger charge is 2.43. The van der Waals surface area contributed by atoms with E-state index in [-0.39, 0.29) is 17.4 Å². The van der Waals surface area contributed by atoms with Crippen LogP contribution in [0.15, 0.2) is 42.6 Å². The number of carbonyl (C=O) groups excluding carboxylic acids is 1. The highest BCUT2D eigenvalue weighted by Crippen LogP contribution is 2.47. The summed E-state index contributed by atoms with van der Waals surface area (Å²) in [6, 6.07) is 12.7. The second-order valence-corrected chi connectivity index (χ2v) is 6.51. The molecule has 120 valence electrons. The highest BCUT2D eigenvalue weighted by atomic mass is 16.5. The molecule has 0 bridgehead atoms. The number of nitrogens with zero attached hydrogens (tertiary/aromatic N) is 1. The first-order valence-electron chi connectivity index (χ1n) is 8.45. The van der Waals surface area contributed by atoms with Crippen LogP contribution < -0.4 is 5.32 Å². The van der Waals surface area contributed by atoms with Gasteiger partial charge >= 0.3 is 5.97 Å². The lowest BCUT2D eigenvalue weighted by Gasteiger charge is -2.44. The van der Waals surface area contributed by atoms with E-state index in [0.717, 1.165) is 25.7 Å². The number of hydrogen-bond donors (Lipinski definition) is 1. The van der Waals surface area contributed by atoms with Gasteiger partial charge in [0.1, 0.15) is 0 Å². The van der Waals surface area contributed by atoms with Crippen molar-refractivity contribution in [3.05, 3.63) is 48.3 Å². The molecular formula is C19H22N2O2. The monoisotopic (exact) mass is 310 g/mol. The van der Waals surface area contributed by atoms with Crippen LogP contribution >= 0.6 is 0 Å². The first kappa shape index (κ1) is 14.4. The van der Waals surface area contributed by atoms with Crippen LogP contribution in [0.3, 0.4) is 0 Å². The van der Waals surface area contributed by atoms with Gasteiger partial charge in [-0.1, -0.05) is 12.1 Å². The molecule has 4 heteroatoms. The van der Waals surface area contributed by atoms with Gasteiger partial charge in [-0.25, -0.2) is 0 Å². The molecule has 4 rings (SSSR count). The Balaban J connectivity index is 1.63. The number of ether oxygens (including phenoxy) is 1. The minimum absolute atomic E-state index is 0.0334. The summed E-state index contributed by atoms with van der Waals surface area (Å²) in [6.07, 6.45) is 5.79. The lowest BCUT2D eigenvalue weighted by Crippen LogP contribution is -2.44. The van der Waals surface area contributed by atoms with Crippen molar-refractivity contribution in [1.29, 1.82) is 0 Å². The summed E-state index contributed by atoms with van der Waals surface area (Å²) in [5, 5.41) is 3.77. The largest absolute Gasteiger partial charge is 0.466 e.